The molecule has 0 aliphatic carbocycles. The zero-order valence-electron chi connectivity index (χ0n) is 10.1. The van der Waals surface area contributed by atoms with Crippen molar-refractivity contribution in [3.05, 3.63) is 28.3 Å². The molecular weight excluding hydrogens is 222 g/mol. The van der Waals surface area contributed by atoms with Gasteiger partial charge in [0.1, 0.15) is 5.75 Å². The molecule has 1 atom stereocenters. The van der Waals surface area contributed by atoms with Crippen molar-refractivity contribution in [2.75, 3.05) is 13.7 Å². The molecule has 1 fully saturated rings. The fourth-order valence-electron chi connectivity index (χ4n) is 2.41. The highest BCUT2D eigenvalue weighted by molar-refractivity contribution is 6.33. The highest BCUT2D eigenvalue weighted by Crippen LogP contribution is 2.39. The second-order valence-electron chi connectivity index (χ2n) is 4.69. The van der Waals surface area contributed by atoms with Crippen LogP contribution < -0.4 is 10.1 Å². The normalized spacial score (nSPS) is 24.8. The minimum absolute atomic E-state index is 0.00359. The molecule has 0 aromatic heterocycles. The van der Waals surface area contributed by atoms with Crippen molar-refractivity contribution in [1.82, 2.24) is 5.32 Å². The first-order chi connectivity index (χ1) is 7.57. The second-order valence-corrected chi connectivity index (χ2v) is 5.07. The summed E-state index contributed by atoms with van der Waals surface area (Å²) in [7, 11) is 1.66. The van der Waals surface area contributed by atoms with Crippen molar-refractivity contribution >= 4 is 11.6 Å². The maximum atomic E-state index is 6.39. The van der Waals surface area contributed by atoms with Crippen LogP contribution in [0.15, 0.2) is 12.1 Å². The lowest BCUT2D eigenvalue weighted by Gasteiger charge is -2.27. The molecule has 1 aliphatic heterocycles. The molecule has 1 unspecified atom stereocenters. The molecular formula is C13H18ClNO. The van der Waals surface area contributed by atoms with Gasteiger partial charge < -0.3 is 10.1 Å². The quantitative estimate of drug-likeness (QED) is 0.856. The van der Waals surface area contributed by atoms with E-state index in [0.717, 1.165) is 29.3 Å². The first-order valence-electron chi connectivity index (χ1n) is 5.66. The van der Waals surface area contributed by atoms with Crippen molar-refractivity contribution in [3.8, 4) is 5.75 Å². The fraction of sp³-hybridized carbons (Fsp3) is 0.538. The average molecular weight is 240 g/mol. The van der Waals surface area contributed by atoms with Crippen LogP contribution in [-0.2, 0) is 5.54 Å². The lowest BCUT2D eigenvalue weighted by Crippen LogP contribution is -2.33. The molecule has 1 N–H and O–H groups in total. The van der Waals surface area contributed by atoms with Crippen molar-refractivity contribution in [2.45, 2.75) is 32.2 Å². The van der Waals surface area contributed by atoms with Gasteiger partial charge in [-0.05, 0) is 50.4 Å². The monoisotopic (exact) mass is 239 g/mol. The van der Waals surface area contributed by atoms with Crippen LogP contribution in [-0.4, -0.2) is 13.7 Å². The van der Waals surface area contributed by atoms with E-state index >= 15 is 0 Å². The molecule has 88 valence electrons. The molecule has 1 heterocycles. The number of aryl methyl sites for hydroxylation is 1. The van der Waals surface area contributed by atoms with Gasteiger partial charge in [0.25, 0.3) is 0 Å². The van der Waals surface area contributed by atoms with Crippen LogP contribution in [0, 0.1) is 6.92 Å². The van der Waals surface area contributed by atoms with Gasteiger partial charge in [-0.15, -0.1) is 0 Å². The standard InChI is InChI=1S/C13H18ClNO/c1-9-7-10(12(14)11(8-9)16-3)13(2)5-4-6-15-13/h7-8,15H,4-6H2,1-3H3. The van der Waals surface area contributed by atoms with E-state index in [1.165, 1.54) is 12.0 Å². The first-order valence-corrected chi connectivity index (χ1v) is 6.04. The van der Waals surface area contributed by atoms with E-state index in [0.29, 0.717) is 0 Å². The molecule has 0 radical (unpaired) electrons. The molecule has 0 saturated carbocycles. The molecule has 2 nitrogen and oxygen atoms in total. The van der Waals surface area contributed by atoms with Gasteiger partial charge in [-0.25, -0.2) is 0 Å². The largest absolute Gasteiger partial charge is 0.495 e. The van der Waals surface area contributed by atoms with E-state index in [9.17, 15) is 0 Å². The number of ether oxygens (including phenoxy) is 1. The molecule has 0 spiro atoms. The number of hydrogen-bond donors (Lipinski definition) is 1. The SMILES string of the molecule is COc1cc(C)cc(C2(C)CCCN2)c1Cl. The van der Waals surface area contributed by atoms with Gasteiger partial charge in [-0.2, -0.15) is 0 Å². The Hall–Kier alpha value is -0.730. The van der Waals surface area contributed by atoms with Crippen LogP contribution in [0.1, 0.15) is 30.9 Å². The van der Waals surface area contributed by atoms with Crippen molar-refractivity contribution in [2.24, 2.45) is 0 Å². The fourth-order valence-corrected chi connectivity index (χ4v) is 2.80. The molecule has 16 heavy (non-hydrogen) atoms. The zero-order valence-corrected chi connectivity index (χ0v) is 10.8. The minimum atomic E-state index is -0.00359. The summed E-state index contributed by atoms with van der Waals surface area (Å²) in [4.78, 5) is 0. The summed E-state index contributed by atoms with van der Waals surface area (Å²) in [6, 6.07) is 4.13. The Bertz CT molecular complexity index is 397. The Balaban J connectivity index is 2.51. The number of halogens is 1. The zero-order chi connectivity index (χ0) is 11.8. The van der Waals surface area contributed by atoms with E-state index in [-0.39, 0.29) is 5.54 Å². The van der Waals surface area contributed by atoms with Gasteiger partial charge in [0.2, 0.25) is 0 Å². The highest BCUT2D eigenvalue weighted by Gasteiger charge is 2.32. The van der Waals surface area contributed by atoms with Gasteiger partial charge >= 0.3 is 0 Å². The predicted molar refractivity (Wildman–Crippen MR) is 67.3 cm³/mol. The number of rotatable bonds is 2. The number of methoxy groups -OCH3 is 1. The second kappa shape index (κ2) is 4.27. The van der Waals surface area contributed by atoms with Crippen LogP contribution in [0.5, 0.6) is 5.75 Å². The third-order valence-corrected chi connectivity index (χ3v) is 3.76. The van der Waals surface area contributed by atoms with Gasteiger partial charge in [-0.3, -0.25) is 0 Å². The van der Waals surface area contributed by atoms with E-state index in [2.05, 4.69) is 25.2 Å². The summed E-state index contributed by atoms with van der Waals surface area (Å²) in [5, 5.41) is 4.27. The van der Waals surface area contributed by atoms with E-state index in [4.69, 9.17) is 16.3 Å². The van der Waals surface area contributed by atoms with Crippen molar-refractivity contribution in [1.29, 1.82) is 0 Å². The summed E-state index contributed by atoms with van der Waals surface area (Å²) >= 11 is 6.39. The smallest absolute Gasteiger partial charge is 0.138 e. The minimum Gasteiger partial charge on any atom is -0.495 e. The van der Waals surface area contributed by atoms with Gasteiger partial charge in [0, 0.05) is 5.54 Å². The summed E-state index contributed by atoms with van der Waals surface area (Å²) in [5.74, 6) is 0.770. The molecule has 1 saturated heterocycles. The molecule has 1 aliphatic rings. The molecule has 1 aromatic rings. The topological polar surface area (TPSA) is 21.3 Å². The summed E-state index contributed by atoms with van der Waals surface area (Å²) < 4.78 is 5.31. The van der Waals surface area contributed by atoms with E-state index in [1.54, 1.807) is 7.11 Å². The summed E-state index contributed by atoms with van der Waals surface area (Å²) in [6.45, 7) is 5.34. The molecule has 3 heteroatoms. The van der Waals surface area contributed by atoms with Crippen LogP contribution >= 0.6 is 11.6 Å². The first kappa shape index (κ1) is 11.7. The third kappa shape index (κ3) is 1.92. The Morgan fingerprint density at radius 1 is 1.44 bits per heavy atom. The lowest BCUT2D eigenvalue weighted by atomic mass is 9.89. The number of nitrogens with one attached hydrogen (secondary N) is 1. The molecule has 0 amide bonds. The molecule has 1 aromatic carbocycles. The van der Waals surface area contributed by atoms with Gasteiger partial charge in [0.05, 0.1) is 12.1 Å². The average Bonchev–Trinajstić information content (AvgIpc) is 2.69. The third-order valence-electron chi connectivity index (χ3n) is 3.37. The summed E-state index contributed by atoms with van der Waals surface area (Å²) in [6.07, 6.45) is 2.32. The maximum absolute atomic E-state index is 6.39. The van der Waals surface area contributed by atoms with Crippen molar-refractivity contribution < 1.29 is 4.74 Å². The number of hydrogen-bond acceptors (Lipinski definition) is 2. The van der Waals surface area contributed by atoms with E-state index < -0.39 is 0 Å². The lowest BCUT2D eigenvalue weighted by molar-refractivity contribution is 0.404. The molecule has 0 bridgehead atoms. The Labute approximate surface area is 102 Å². The van der Waals surface area contributed by atoms with Crippen LogP contribution in [0.25, 0.3) is 0 Å². The van der Waals surface area contributed by atoms with E-state index in [1.807, 2.05) is 6.07 Å². The van der Waals surface area contributed by atoms with Crippen LogP contribution in [0.3, 0.4) is 0 Å². The van der Waals surface area contributed by atoms with Crippen LogP contribution in [0.4, 0.5) is 0 Å². The number of benzene rings is 1. The van der Waals surface area contributed by atoms with Crippen molar-refractivity contribution in [3.63, 3.8) is 0 Å². The predicted octanol–water partition coefficient (Wildman–Crippen LogP) is 3.26. The van der Waals surface area contributed by atoms with Gasteiger partial charge in [0.15, 0.2) is 0 Å². The Morgan fingerprint density at radius 2 is 2.19 bits per heavy atom. The van der Waals surface area contributed by atoms with Crippen LogP contribution in [0.2, 0.25) is 5.02 Å². The Kier molecular flexibility index (Phi) is 3.13. The summed E-state index contributed by atoms with van der Waals surface area (Å²) in [5.41, 5.74) is 2.34. The highest BCUT2D eigenvalue weighted by atomic mass is 35.5. The molecule has 2 rings (SSSR count). The maximum Gasteiger partial charge on any atom is 0.138 e. The Morgan fingerprint density at radius 3 is 2.75 bits per heavy atom. The van der Waals surface area contributed by atoms with Gasteiger partial charge in [-0.1, -0.05) is 17.7 Å².